The highest BCUT2D eigenvalue weighted by Crippen LogP contribution is 2.35. The zero-order valence-corrected chi connectivity index (χ0v) is 20.4. The van der Waals surface area contributed by atoms with Crippen molar-refractivity contribution in [1.29, 1.82) is 0 Å². The van der Waals surface area contributed by atoms with Gasteiger partial charge in [0.1, 0.15) is 5.69 Å². The summed E-state index contributed by atoms with van der Waals surface area (Å²) in [6, 6.07) is 13.4. The normalized spacial score (nSPS) is 14.8. The highest BCUT2D eigenvalue weighted by molar-refractivity contribution is 6.07. The van der Waals surface area contributed by atoms with Crippen molar-refractivity contribution in [2.45, 2.75) is 39.2 Å². The molecule has 0 bridgehead atoms. The number of aryl methyl sites for hydroxylation is 1. The first-order chi connectivity index (χ1) is 16.0. The quantitative estimate of drug-likeness (QED) is 0.622. The SMILES string of the molecule is CN1CCc2cc(C(C)(C)C)ccc2C(=O)N1c1cccc(-c2cc(C(N)=O)n(C)c2)c1CO. The highest BCUT2D eigenvalue weighted by atomic mass is 16.3. The number of nitrogens with two attached hydrogens (primary N) is 1. The minimum atomic E-state index is -0.524. The van der Waals surface area contributed by atoms with Crippen molar-refractivity contribution < 1.29 is 14.7 Å². The standard InChI is InChI=1S/C27H32N4O3/c1-27(2,3)19-9-10-21-17(13-19)11-12-30(5)31(26(21)34)23-8-6-7-20(22(23)16-32)18-14-24(25(28)33)29(4)15-18/h6-10,13-15,32H,11-12,16H2,1-5H3,(H2,28,33). The molecular formula is C27H32N4O3. The highest BCUT2D eigenvalue weighted by Gasteiger charge is 2.31. The summed E-state index contributed by atoms with van der Waals surface area (Å²) >= 11 is 0. The molecule has 3 aromatic rings. The van der Waals surface area contributed by atoms with E-state index in [1.165, 1.54) is 5.56 Å². The number of aliphatic hydroxyl groups is 1. The molecule has 0 fully saturated rings. The molecule has 3 N–H and O–H groups in total. The summed E-state index contributed by atoms with van der Waals surface area (Å²) in [5.41, 5.74) is 11.5. The maximum Gasteiger partial charge on any atom is 0.273 e. The van der Waals surface area contributed by atoms with E-state index in [1.807, 2.05) is 42.4 Å². The predicted molar refractivity (Wildman–Crippen MR) is 134 cm³/mol. The first kappa shape index (κ1) is 23.7. The third-order valence-corrected chi connectivity index (χ3v) is 6.55. The van der Waals surface area contributed by atoms with Crippen molar-refractivity contribution in [1.82, 2.24) is 9.58 Å². The molecule has 0 radical (unpaired) electrons. The van der Waals surface area contributed by atoms with Crippen LogP contribution in [0.15, 0.2) is 48.7 Å². The number of fused-ring (bicyclic) bond motifs is 1. The Morgan fingerprint density at radius 2 is 1.82 bits per heavy atom. The average Bonchev–Trinajstić information content (AvgIpc) is 3.13. The number of rotatable bonds is 4. The molecule has 0 saturated heterocycles. The molecule has 7 nitrogen and oxygen atoms in total. The molecule has 1 aliphatic rings. The van der Waals surface area contributed by atoms with Crippen LogP contribution < -0.4 is 10.7 Å². The smallest absolute Gasteiger partial charge is 0.273 e. The number of anilines is 1. The van der Waals surface area contributed by atoms with E-state index in [-0.39, 0.29) is 17.9 Å². The van der Waals surface area contributed by atoms with Gasteiger partial charge in [-0.25, -0.2) is 10.0 Å². The molecule has 34 heavy (non-hydrogen) atoms. The number of benzene rings is 2. The van der Waals surface area contributed by atoms with Crippen LogP contribution in [0.4, 0.5) is 5.69 Å². The molecular weight excluding hydrogens is 428 g/mol. The van der Waals surface area contributed by atoms with Crippen LogP contribution in [-0.4, -0.2) is 40.1 Å². The van der Waals surface area contributed by atoms with Gasteiger partial charge < -0.3 is 15.4 Å². The first-order valence-electron chi connectivity index (χ1n) is 11.4. The summed E-state index contributed by atoms with van der Waals surface area (Å²) in [7, 11) is 3.64. The van der Waals surface area contributed by atoms with Crippen LogP contribution in [0.5, 0.6) is 0 Å². The van der Waals surface area contributed by atoms with E-state index in [2.05, 4.69) is 26.8 Å². The van der Waals surface area contributed by atoms with Gasteiger partial charge >= 0.3 is 0 Å². The Kier molecular flexibility index (Phi) is 6.10. The zero-order valence-electron chi connectivity index (χ0n) is 20.4. The van der Waals surface area contributed by atoms with Crippen LogP contribution in [0.2, 0.25) is 0 Å². The van der Waals surface area contributed by atoms with Gasteiger partial charge in [-0.15, -0.1) is 0 Å². The van der Waals surface area contributed by atoms with Gasteiger partial charge in [-0.3, -0.25) is 9.59 Å². The van der Waals surface area contributed by atoms with E-state index in [0.29, 0.717) is 29.1 Å². The van der Waals surface area contributed by atoms with Gasteiger partial charge in [-0.1, -0.05) is 45.0 Å². The Balaban J connectivity index is 1.82. The first-order valence-corrected chi connectivity index (χ1v) is 11.4. The van der Waals surface area contributed by atoms with Crippen molar-refractivity contribution in [3.8, 4) is 11.1 Å². The number of aromatic nitrogens is 1. The Morgan fingerprint density at radius 3 is 2.44 bits per heavy atom. The predicted octanol–water partition coefficient (Wildman–Crippen LogP) is 3.63. The average molecular weight is 461 g/mol. The molecule has 4 rings (SSSR count). The van der Waals surface area contributed by atoms with Crippen molar-refractivity contribution in [2.24, 2.45) is 12.8 Å². The van der Waals surface area contributed by atoms with E-state index in [0.717, 1.165) is 23.1 Å². The van der Waals surface area contributed by atoms with E-state index < -0.39 is 5.91 Å². The Labute approximate surface area is 200 Å². The third kappa shape index (κ3) is 4.13. The summed E-state index contributed by atoms with van der Waals surface area (Å²) in [6.45, 7) is 6.88. The molecule has 0 spiro atoms. The van der Waals surface area contributed by atoms with Crippen molar-refractivity contribution in [3.05, 3.63) is 76.6 Å². The van der Waals surface area contributed by atoms with Crippen LogP contribution in [0.25, 0.3) is 11.1 Å². The van der Waals surface area contributed by atoms with Gasteiger partial charge in [-0.05, 0) is 46.7 Å². The lowest BCUT2D eigenvalue weighted by Gasteiger charge is -2.32. The number of hydrogen-bond acceptors (Lipinski definition) is 4. The maximum absolute atomic E-state index is 13.8. The molecule has 2 heterocycles. The van der Waals surface area contributed by atoms with Crippen LogP contribution in [-0.2, 0) is 25.5 Å². The molecule has 0 unspecified atom stereocenters. The minimum Gasteiger partial charge on any atom is -0.392 e. The Morgan fingerprint density at radius 1 is 1.09 bits per heavy atom. The molecule has 7 heteroatoms. The number of amides is 2. The second kappa shape index (κ2) is 8.74. The summed E-state index contributed by atoms with van der Waals surface area (Å²) in [5.74, 6) is -0.655. The van der Waals surface area contributed by atoms with Gasteiger partial charge in [0.15, 0.2) is 0 Å². The molecule has 0 atom stereocenters. The minimum absolute atomic E-state index is 0.00614. The fourth-order valence-electron chi connectivity index (χ4n) is 4.59. The second-order valence-electron chi connectivity index (χ2n) is 9.92. The zero-order chi connectivity index (χ0) is 24.8. The Bertz CT molecular complexity index is 1270. The van der Waals surface area contributed by atoms with Gasteiger partial charge in [0, 0.05) is 43.5 Å². The Hall–Kier alpha value is -3.42. The summed E-state index contributed by atoms with van der Waals surface area (Å²) in [6.07, 6.45) is 2.54. The number of hydrogen-bond donors (Lipinski definition) is 2. The number of primary amides is 1. The lowest BCUT2D eigenvalue weighted by molar-refractivity contribution is 0.0922. The van der Waals surface area contributed by atoms with Crippen LogP contribution in [0.3, 0.4) is 0 Å². The molecule has 2 aromatic carbocycles. The summed E-state index contributed by atoms with van der Waals surface area (Å²) < 4.78 is 1.66. The van der Waals surface area contributed by atoms with Gasteiger partial charge in [0.05, 0.1) is 12.3 Å². The molecule has 0 aliphatic carbocycles. The molecule has 1 aromatic heterocycles. The number of aliphatic hydroxyl groups excluding tert-OH is 1. The van der Waals surface area contributed by atoms with Crippen LogP contribution in [0.1, 0.15) is 58.3 Å². The largest absolute Gasteiger partial charge is 0.392 e. The van der Waals surface area contributed by atoms with Gasteiger partial charge in [0.25, 0.3) is 11.8 Å². The summed E-state index contributed by atoms with van der Waals surface area (Å²) in [4.78, 5) is 25.6. The fraction of sp³-hybridized carbons (Fsp3) is 0.333. The topological polar surface area (TPSA) is 91.8 Å². The van der Waals surface area contributed by atoms with Crippen molar-refractivity contribution >= 4 is 17.5 Å². The van der Waals surface area contributed by atoms with Crippen LogP contribution in [0, 0.1) is 0 Å². The number of hydrazine groups is 1. The van der Waals surface area contributed by atoms with Gasteiger partial charge in [-0.2, -0.15) is 0 Å². The molecule has 0 saturated carbocycles. The van der Waals surface area contributed by atoms with E-state index >= 15 is 0 Å². The number of carbonyl (C=O) groups is 2. The van der Waals surface area contributed by atoms with E-state index in [9.17, 15) is 14.7 Å². The number of carbonyl (C=O) groups excluding carboxylic acids is 2. The van der Waals surface area contributed by atoms with Crippen molar-refractivity contribution in [3.63, 3.8) is 0 Å². The van der Waals surface area contributed by atoms with E-state index in [4.69, 9.17) is 5.73 Å². The van der Waals surface area contributed by atoms with Crippen LogP contribution >= 0.6 is 0 Å². The lowest BCUT2D eigenvalue weighted by atomic mass is 9.84. The monoisotopic (exact) mass is 460 g/mol. The van der Waals surface area contributed by atoms with Crippen molar-refractivity contribution in [2.75, 3.05) is 18.6 Å². The second-order valence-corrected chi connectivity index (χ2v) is 9.92. The summed E-state index contributed by atoms with van der Waals surface area (Å²) in [5, 5.41) is 13.9. The van der Waals surface area contributed by atoms with Gasteiger partial charge in [0.2, 0.25) is 0 Å². The molecule has 178 valence electrons. The lowest BCUT2D eigenvalue weighted by Crippen LogP contribution is -2.44. The third-order valence-electron chi connectivity index (χ3n) is 6.55. The number of likely N-dealkylation sites (N-methyl/N-ethyl adjacent to an activating group) is 1. The van der Waals surface area contributed by atoms with E-state index in [1.54, 1.807) is 28.9 Å². The maximum atomic E-state index is 13.8. The molecule has 1 aliphatic heterocycles. The molecule has 2 amide bonds. The number of nitrogens with zero attached hydrogens (tertiary/aromatic N) is 3. The fourth-order valence-corrected chi connectivity index (χ4v) is 4.59.